The van der Waals surface area contributed by atoms with Crippen LogP contribution in [0.5, 0.6) is 0 Å². The minimum atomic E-state index is -0.965. The molecule has 0 radical (unpaired) electrons. The van der Waals surface area contributed by atoms with Crippen molar-refractivity contribution in [3.05, 3.63) is 47.7 Å². The molecule has 16 heavy (non-hydrogen) atoms. The molecule has 0 bridgehead atoms. The Hall–Kier alpha value is -1.20. The van der Waals surface area contributed by atoms with Gasteiger partial charge in [0, 0.05) is 0 Å². The molecule has 0 aliphatic rings. The van der Waals surface area contributed by atoms with Gasteiger partial charge in [0.2, 0.25) is 5.91 Å². The van der Waals surface area contributed by atoms with Gasteiger partial charge < -0.3 is 9.83 Å². The van der Waals surface area contributed by atoms with E-state index < -0.39 is 7.05 Å². The number of thioether (sulfide) groups is 1. The van der Waals surface area contributed by atoms with E-state index in [0.717, 1.165) is 11.8 Å². The number of hydrogen-bond acceptors (Lipinski definition) is 3. The van der Waals surface area contributed by atoms with E-state index in [0.29, 0.717) is 10.4 Å². The van der Waals surface area contributed by atoms with E-state index in [1.54, 1.807) is 19.1 Å². The van der Waals surface area contributed by atoms with Crippen LogP contribution < -0.4 is 0 Å². The largest absolute Gasteiger partial charge is 0.447 e. The van der Waals surface area contributed by atoms with E-state index in [1.807, 2.05) is 0 Å². The van der Waals surface area contributed by atoms with Gasteiger partial charge in [0.15, 0.2) is 0 Å². The average Bonchev–Trinajstić information content (AvgIpc) is 2.26. The summed E-state index contributed by atoms with van der Waals surface area (Å²) in [5.74, 6) is -0.325. The number of carbonyl (C=O) groups excluding carboxylic acids is 1. The first-order chi connectivity index (χ1) is 7.45. The van der Waals surface area contributed by atoms with Crippen molar-refractivity contribution in [2.45, 2.75) is 6.92 Å². The molecule has 0 aliphatic heterocycles. The Morgan fingerprint density at radius 1 is 1.50 bits per heavy atom. The predicted molar refractivity (Wildman–Crippen MR) is 71.6 cm³/mol. The highest BCUT2D eigenvalue weighted by Crippen LogP contribution is 2.17. The molecular formula is C11H16BNO2S. The van der Waals surface area contributed by atoms with Gasteiger partial charge in [0.25, 0.3) is 0 Å². The molecule has 0 aromatic carbocycles. The maximum atomic E-state index is 11.7. The first-order valence-electron chi connectivity index (χ1n) is 4.66. The Balaban J connectivity index is 4.66. The molecule has 0 fully saturated rings. The summed E-state index contributed by atoms with van der Waals surface area (Å²) in [6.07, 6.45) is 3.21. The molecule has 0 atom stereocenters. The van der Waals surface area contributed by atoms with E-state index in [4.69, 9.17) is 0 Å². The number of likely N-dealkylation sites (N-methyl/N-ethyl adjacent to an activating group) is 1. The average molecular weight is 237 g/mol. The van der Waals surface area contributed by atoms with Crippen LogP contribution in [0.25, 0.3) is 0 Å². The lowest BCUT2D eigenvalue weighted by Crippen LogP contribution is -2.42. The summed E-state index contributed by atoms with van der Waals surface area (Å²) in [6, 6.07) is 0. The van der Waals surface area contributed by atoms with Crippen molar-refractivity contribution < 1.29 is 9.82 Å². The Kier molecular flexibility index (Phi) is 6.61. The van der Waals surface area contributed by atoms with Crippen LogP contribution in [0, 0.1) is 0 Å². The fraction of sp³-hybridized carbons (Fsp3) is 0.182. The number of hydrogen-bond donors (Lipinski definition) is 1. The van der Waals surface area contributed by atoms with Gasteiger partial charge in [-0.1, -0.05) is 49.1 Å². The highest BCUT2D eigenvalue weighted by Gasteiger charge is 2.26. The number of nitrogens with zero attached hydrogens (tertiary/aromatic N) is 1. The fourth-order valence-corrected chi connectivity index (χ4v) is 1.48. The summed E-state index contributed by atoms with van der Waals surface area (Å²) in [6.45, 7) is 12.3. The molecule has 3 nitrogen and oxygen atoms in total. The Bertz CT molecular complexity index is 339. The second kappa shape index (κ2) is 7.14. The highest BCUT2D eigenvalue weighted by molar-refractivity contribution is 8.06. The Morgan fingerprint density at radius 2 is 2.06 bits per heavy atom. The lowest BCUT2D eigenvalue weighted by molar-refractivity contribution is -0.121. The maximum Gasteiger partial charge on any atom is 0.447 e. The predicted octanol–water partition coefficient (Wildman–Crippen LogP) is 1.99. The van der Waals surface area contributed by atoms with Crippen LogP contribution in [-0.4, -0.2) is 29.8 Å². The summed E-state index contributed by atoms with van der Waals surface area (Å²) < 4.78 is 0. The highest BCUT2D eigenvalue weighted by atomic mass is 32.2. The molecule has 0 spiro atoms. The Morgan fingerprint density at radius 3 is 2.50 bits per heavy atom. The van der Waals surface area contributed by atoms with Crippen LogP contribution in [0.2, 0.25) is 0 Å². The van der Waals surface area contributed by atoms with Crippen molar-refractivity contribution in [2.24, 2.45) is 0 Å². The van der Waals surface area contributed by atoms with Gasteiger partial charge in [-0.2, -0.15) is 0 Å². The molecule has 0 aromatic heterocycles. The number of allylic oxidation sites excluding steroid dienone is 3. The van der Waals surface area contributed by atoms with E-state index in [1.165, 1.54) is 17.3 Å². The van der Waals surface area contributed by atoms with Crippen LogP contribution in [-0.2, 0) is 4.79 Å². The third kappa shape index (κ3) is 4.12. The summed E-state index contributed by atoms with van der Waals surface area (Å²) in [5, 5.41) is 11.3. The molecule has 0 saturated carbocycles. The van der Waals surface area contributed by atoms with Crippen LogP contribution >= 0.6 is 11.8 Å². The molecule has 5 heteroatoms. The normalized spacial score (nSPS) is 10.6. The van der Waals surface area contributed by atoms with Crippen molar-refractivity contribution in [2.75, 3.05) is 7.05 Å². The number of rotatable bonds is 6. The molecule has 0 aromatic rings. The van der Waals surface area contributed by atoms with Crippen molar-refractivity contribution >= 4 is 24.7 Å². The summed E-state index contributed by atoms with van der Waals surface area (Å²) >= 11 is 1.14. The number of amides is 1. The first-order valence-corrected chi connectivity index (χ1v) is 5.54. The molecule has 1 amide bonds. The maximum absolute atomic E-state index is 11.7. The van der Waals surface area contributed by atoms with E-state index in [-0.39, 0.29) is 5.91 Å². The van der Waals surface area contributed by atoms with E-state index >= 15 is 0 Å². The molecule has 0 saturated heterocycles. The monoisotopic (exact) mass is 237 g/mol. The van der Waals surface area contributed by atoms with E-state index in [2.05, 4.69) is 19.7 Å². The minimum absolute atomic E-state index is 0.322. The molecule has 1 N–H and O–H groups in total. The van der Waals surface area contributed by atoms with Crippen LogP contribution in [0.15, 0.2) is 47.7 Å². The minimum Gasteiger partial charge on any atom is -0.429 e. The summed E-state index contributed by atoms with van der Waals surface area (Å²) in [7, 11) is 0.551. The fourth-order valence-electron chi connectivity index (χ4n) is 1.04. The summed E-state index contributed by atoms with van der Waals surface area (Å²) in [5.41, 5.74) is 0.641. The lowest BCUT2D eigenvalue weighted by atomic mass is 9.72. The zero-order valence-corrected chi connectivity index (χ0v) is 10.5. The van der Waals surface area contributed by atoms with Gasteiger partial charge in [-0.3, -0.25) is 4.79 Å². The van der Waals surface area contributed by atoms with Crippen LogP contribution in [0.1, 0.15) is 6.92 Å². The van der Waals surface area contributed by atoms with Crippen LogP contribution in [0.3, 0.4) is 0 Å². The second-order valence-corrected chi connectivity index (χ2v) is 4.21. The smallest absolute Gasteiger partial charge is 0.429 e. The zero-order chi connectivity index (χ0) is 12.7. The molecule has 0 rings (SSSR count). The first kappa shape index (κ1) is 14.8. The van der Waals surface area contributed by atoms with Gasteiger partial charge in [0.1, 0.15) is 0 Å². The van der Waals surface area contributed by atoms with Gasteiger partial charge in [-0.05, 0) is 19.4 Å². The van der Waals surface area contributed by atoms with Gasteiger partial charge >= 0.3 is 7.05 Å². The summed E-state index contributed by atoms with van der Waals surface area (Å²) in [4.78, 5) is 13.3. The van der Waals surface area contributed by atoms with E-state index in [9.17, 15) is 9.82 Å². The quantitative estimate of drug-likeness (QED) is 0.436. The third-order valence-corrected chi connectivity index (χ3v) is 2.57. The van der Waals surface area contributed by atoms with Gasteiger partial charge in [-0.25, -0.2) is 0 Å². The second-order valence-electron chi connectivity index (χ2n) is 3.14. The molecule has 86 valence electrons. The number of carbonyl (C=O) groups is 1. The SMILES string of the molecule is C=C/C=C(\C)B(O)N(C)C(=O)C(=C)SC=C. The molecule has 0 heterocycles. The van der Waals surface area contributed by atoms with Crippen molar-refractivity contribution in [1.82, 2.24) is 4.81 Å². The van der Waals surface area contributed by atoms with Gasteiger partial charge in [-0.15, -0.1) is 0 Å². The van der Waals surface area contributed by atoms with Crippen molar-refractivity contribution in [3.63, 3.8) is 0 Å². The lowest BCUT2D eigenvalue weighted by Gasteiger charge is -2.21. The standard InChI is InChI=1S/C11H16BNO2S/c1-6-8-9(3)12(15)13(5)11(14)10(4)16-7-2/h6-8,15H,1-2,4H2,3,5H3/b9-8+. The zero-order valence-electron chi connectivity index (χ0n) is 9.64. The van der Waals surface area contributed by atoms with Gasteiger partial charge in [0.05, 0.1) is 4.91 Å². The molecule has 0 unspecified atom stereocenters. The topological polar surface area (TPSA) is 40.5 Å². The van der Waals surface area contributed by atoms with Crippen molar-refractivity contribution in [3.8, 4) is 0 Å². The van der Waals surface area contributed by atoms with Crippen molar-refractivity contribution in [1.29, 1.82) is 0 Å². The molecular weight excluding hydrogens is 221 g/mol. The Labute approximate surface area is 101 Å². The van der Waals surface area contributed by atoms with Crippen LogP contribution in [0.4, 0.5) is 0 Å². The third-order valence-electron chi connectivity index (χ3n) is 1.94. The molecule has 0 aliphatic carbocycles.